The van der Waals surface area contributed by atoms with Crippen molar-refractivity contribution in [3.8, 4) is 5.75 Å². The number of nitrogens with zero attached hydrogens (tertiary/aromatic N) is 4. The topological polar surface area (TPSA) is 72.6 Å². The van der Waals surface area contributed by atoms with Crippen LogP contribution in [-0.4, -0.2) is 63.7 Å². The van der Waals surface area contributed by atoms with Crippen molar-refractivity contribution in [1.82, 2.24) is 19.7 Å². The third-order valence-corrected chi connectivity index (χ3v) is 3.91. The van der Waals surface area contributed by atoms with Crippen LogP contribution in [-0.2, 0) is 11.8 Å². The highest BCUT2D eigenvalue weighted by Gasteiger charge is 2.26. The van der Waals surface area contributed by atoms with Crippen LogP contribution in [0.4, 0.5) is 4.39 Å². The number of aromatic nitrogens is 3. The molecule has 24 heavy (non-hydrogen) atoms. The number of hydrogen-bond donors (Lipinski definition) is 1. The summed E-state index contributed by atoms with van der Waals surface area (Å²) in [6, 6.07) is 5.74. The lowest BCUT2D eigenvalue weighted by atomic mass is 10.2. The monoisotopic (exact) mass is 336 g/mol. The fourth-order valence-electron chi connectivity index (χ4n) is 2.68. The molecule has 1 aromatic heterocycles. The quantitative estimate of drug-likeness (QED) is 0.840. The van der Waals surface area contributed by atoms with Gasteiger partial charge in [-0.25, -0.2) is 4.39 Å². The highest BCUT2D eigenvalue weighted by Crippen LogP contribution is 2.20. The Morgan fingerprint density at radius 2 is 2.21 bits per heavy atom. The van der Waals surface area contributed by atoms with Gasteiger partial charge in [-0.3, -0.25) is 4.90 Å². The number of morpholine rings is 1. The number of rotatable bonds is 6. The first-order valence-electron chi connectivity index (χ1n) is 7.86. The predicted molar refractivity (Wildman–Crippen MR) is 84.0 cm³/mol. The zero-order chi connectivity index (χ0) is 16.9. The van der Waals surface area contributed by atoms with Crippen molar-refractivity contribution < 1.29 is 19.0 Å². The lowest BCUT2D eigenvalue weighted by Gasteiger charge is -2.33. The number of hydrogen-bond acceptors (Lipinski definition) is 6. The second-order valence-corrected chi connectivity index (χ2v) is 5.84. The van der Waals surface area contributed by atoms with Crippen LogP contribution in [0.2, 0.25) is 0 Å². The Morgan fingerprint density at radius 3 is 2.92 bits per heavy atom. The molecule has 0 aliphatic carbocycles. The average molecular weight is 336 g/mol. The molecule has 3 rings (SSSR count). The van der Waals surface area contributed by atoms with Crippen molar-refractivity contribution >= 4 is 0 Å². The molecule has 2 aromatic rings. The molecule has 1 aromatic carbocycles. The molecule has 1 aliphatic heterocycles. The summed E-state index contributed by atoms with van der Waals surface area (Å²) in [6.45, 7) is 2.57. The lowest BCUT2D eigenvalue weighted by Crippen LogP contribution is -2.44. The molecule has 0 radical (unpaired) electrons. The first-order chi connectivity index (χ1) is 11.6. The third kappa shape index (κ3) is 4.28. The molecule has 2 heterocycles. The van der Waals surface area contributed by atoms with E-state index >= 15 is 0 Å². The van der Waals surface area contributed by atoms with Crippen LogP contribution in [0.5, 0.6) is 5.75 Å². The predicted octanol–water partition coefficient (Wildman–Crippen LogP) is 0.767. The van der Waals surface area contributed by atoms with E-state index in [-0.39, 0.29) is 18.5 Å². The van der Waals surface area contributed by atoms with Crippen molar-refractivity contribution in [1.29, 1.82) is 0 Å². The van der Waals surface area contributed by atoms with E-state index in [1.807, 2.05) is 11.6 Å². The van der Waals surface area contributed by atoms with E-state index in [2.05, 4.69) is 15.1 Å². The van der Waals surface area contributed by atoms with E-state index in [4.69, 9.17) is 9.47 Å². The Bertz CT molecular complexity index is 649. The maximum Gasteiger partial charge on any atom is 0.163 e. The zero-order valence-corrected chi connectivity index (χ0v) is 13.5. The van der Waals surface area contributed by atoms with E-state index < -0.39 is 6.10 Å². The molecule has 7 nitrogen and oxygen atoms in total. The Kier molecular flexibility index (Phi) is 5.39. The van der Waals surface area contributed by atoms with Crippen molar-refractivity contribution in [2.24, 2.45) is 7.05 Å². The number of aliphatic hydroxyl groups excluding tert-OH is 1. The van der Waals surface area contributed by atoms with Gasteiger partial charge in [0.1, 0.15) is 36.7 Å². The summed E-state index contributed by atoms with van der Waals surface area (Å²) in [4.78, 5) is 2.11. The first-order valence-corrected chi connectivity index (χ1v) is 7.86. The van der Waals surface area contributed by atoms with E-state index in [1.54, 1.807) is 18.5 Å². The molecule has 1 fully saturated rings. The smallest absolute Gasteiger partial charge is 0.163 e. The van der Waals surface area contributed by atoms with Crippen molar-refractivity contribution in [3.63, 3.8) is 0 Å². The summed E-state index contributed by atoms with van der Waals surface area (Å²) in [5, 5.41) is 18.1. The van der Waals surface area contributed by atoms with Crippen LogP contribution in [0.3, 0.4) is 0 Å². The molecule has 2 atom stereocenters. The van der Waals surface area contributed by atoms with Gasteiger partial charge in [0.05, 0.1) is 6.61 Å². The SMILES string of the molecule is Cn1cnnc1[C@@H]1CN(C[C@H](O)COc2ccc(F)cc2)CCO1. The summed E-state index contributed by atoms with van der Waals surface area (Å²) in [7, 11) is 1.88. The fraction of sp³-hybridized carbons (Fsp3) is 0.500. The minimum atomic E-state index is -0.645. The third-order valence-electron chi connectivity index (χ3n) is 3.91. The Morgan fingerprint density at radius 1 is 1.42 bits per heavy atom. The summed E-state index contributed by atoms with van der Waals surface area (Å²) in [5.74, 6) is 0.997. The van der Waals surface area contributed by atoms with Crippen molar-refractivity contribution in [2.45, 2.75) is 12.2 Å². The largest absolute Gasteiger partial charge is 0.491 e. The molecule has 1 N–H and O–H groups in total. The van der Waals surface area contributed by atoms with Gasteiger partial charge in [0.2, 0.25) is 0 Å². The number of halogens is 1. The number of β-amino-alcohol motifs (C(OH)–C–C–N with tert-alkyl or cyclic N) is 1. The molecular weight excluding hydrogens is 315 g/mol. The summed E-state index contributed by atoms with van der Waals surface area (Å²) >= 11 is 0. The molecule has 0 saturated carbocycles. The van der Waals surface area contributed by atoms with Gasteiger partial charge in [0.25, 0.3) is 0 Å². The van der Waals surface area contributed by atoms with Crippen LogP contribution in [0.15, 0.2) is 30.6 Å². The van der Waals surface area contributed by atoms with Crippen molar-refractivity contribution in [3.05, 3.63) is 42.2 Å². The molecule has 1 aliphatic rings. The Balaban J connectivity index is 1.48. The molecule has 130 valence electrons. The van der Waals surface area contributed by atoms with Crippen LogP contribution < -0.4 is 4.74 Å². The van der Waals surface area contributed by atoms with Gasteiger partial charge in [0.15, 0.2) is 5.82 Å². The second-order valence-electron chi connectivity index (χ2n) is 5.84. The number of aryl methyl sites for hydroxylation is 1. The molecular formula is C16H21FN4O3. The lowest BCUT2D eigenvalue weighted by molar-refractivity contribution is -0.0506. The van der Waals surface area contributed by atoms with Crippen LogP contribution in [0.25, 0.3) is 0 Å². The number of aliphatic hydroxyl groups is 1. The van der Waals surface area contributed by atoms with Gasteiger partial charge >= 0.3 is 0 Å². The summed E-state index contributed by atoms with van der Waals surface area (Å²) in [6.07, 6.45) is 0.841. The van der Waals surface area contributed by atoms with Gasteiger partial charge in [-0.1, -0.05) is 0 Å². The molecule has 0 spiro atoms. The van der Waals surface area contributed by atoms with Gasteiger partial charge < -0.3 is 19.1 Å². The van der Waals surface area contributed by atoms with Gasteiger partial charge in [-0.2, -0.15) is 0 Å². The fourth-order valence-corrected chi connectivity index (χ4v) is 2.68. The minimum absolute atomic E-state index is 0.150. The van der Waals surface area contributed by atoms with E-state index in [9.17, 15) is 9.50 Å². The summed E-state index contributed by atoms with van der Waals surface area (Å²) in [5.41, 5.74) is 0. The Hall–Kier alpha value is -2.03. The molecule has 0 amide bonds. The van der Waals surface area contributed by atoms with Gasteiger partial charge in [-0.05, 0) is 24.3 Å². The van der Waals surface area contributed by atoms with E-state index in [0.717, 1.165) is 12.4 Å². The molecule has 8 heteroatoms. The number of ether oxygens (including phenoxy) is 2. The van der Waals surface area contributed by atoms with Crippen LogP contribution in [0.1, 0.15) is 11.9 Å². The second kappa shape index (κ2) is 7.69. The van der Waals surface area contributed by atoms with Crippen LogP contribution in [0, 0.1) is 5.82 Å². The van der Waals surface area contributed by atoms with E-state index in [0.29, 0.717) is 25.4 Å². The Labute approximate surface area is 139 Å². The maximum absolute atomic E-state index is 12.8. The highest BCUT2D eigenvalue weighted by molar-refractivity contribution is 5.22. The van der Waals surface area contributed by atoms with Crippen molar-refractivity contribution in [2.75, 3.05) is 32.8 Å². The maximum atomic E-state index is 12.8. The normalized spacial score (nSPS) is 20.0. The number of benzene rings is 1. The summed E-state index contributed by atoms with van der Waals surface area (Å²) < 4.78 is 25.9. The minimum Gasteiger partial charge on any atom is -0.491 e. The first kappa shape index (κ1) is 16.8. The molecule has 1 saturated heterocycles. The van der Waals surface area contributed by atoms with Crippen LogP contribution >= 0.6 is 0 Å². The standard InChI is InChI=1S/C16H21FN4O3/c1-20-11-18-19-16(20)15-9-21(6-7-23-15)8-13(22)10-24-14-4-2-12(17)3-5-14/h2-5,11,13,15,22H,6-10H2,1H3/t13-,15-/m0/s1. The van der Waals surface area contributed by atoms with Gasteiger partial charge in [-0.15, -0.1) is 10.2 Å². The van der Waals surface area contributed by atoms with Gasteiger partial charge in [0, 0.05) is 26.7 Å². The highest BCUT2D eigenvalue weighted by atomic mass is 19.1. The molecule has 0 bridgehead atoms. The molecule has 0 unspecified atom stereocenters. The van der Waals surface area contributed by atoms with E-state index in [1.165, 1.54) is 12.1 Å². The average Bonchev–Trinajstić information content (AvgIpc) is 3.01. The zero-order valence-electron chi connectivity index (χ0n) is 13.5.